The lowest BCUT2D eigenvalue weighted by molar-refractivity contribution is 0.189. The number of piperazine rings is 1. The first-order chi connectivity index (χ1) is 10.2. The quantitative estimate of drug-likeness (QED) is 0.755. The molecule has 0 radical (unpaired) electrons. The number of hydrogen-bond donors (Lipinski definition) is 2. The summed E-state index contributed by atoms with van der Waals surface area (Å²) in [6.45, 7) is 8.97. The number of rotatable bonds is 7. The first-order valence-corrected chi connectivity index (χ1v) is 8.19. The van der Waals surface area contributed by atoms with Gasteiger partial charge >= 0.3 is 0 Å². The minimum absolute atomic E-state index is 0.236. The molecule has 0 bridgehead atoms. The highest BCUT2D eigenvalue weighted by atomic mass is 35.5. The molecule has 0 atom stereocenters. The number of aliphatic hydroxyl groups excluding tert-OH is 1. The standard InChI is InChI=1S/C16H26ClN3O/c1-2-5-18-13-14-3-4-16(15(17)12-14)20-8-6-19(7-9-20)10-11-21/h3-4,12,18,21H,2,5-11,13H2,1H3. The van der Waals surface area contributed by atoms with Gasteiger partial charge in [0.15, 0.2) is 0 Å². The van der Waals surface area contributed by atoms with Crippen molar-refractivity contribution in [2.45, 2.75) is 19.9 Å². The van der Waals surface area contributed by atoms with Crippen LogP contribution in [0.5, 0.6) is 0 Å². The average Bonchev–Trinajstić information content (AvgIpc) is 2.49. The van der Waals surface area contributed by atoms with Crippen molar-refractivity contribution in [1.82, 2.24) is 10.2 Å². The molecular formula is C16H26ClN3O. The smallest absolute Gasteiger partial charge is 0.0642 e. The van der Waals surface area contributed by atoms with E-state index >= 15 is 0 Å². The van der Waals surface area contributed by atoms with E-state index < -0.39 is 0 Å². The molecule has 21 heavy (non-hydrogen) atoms. The fraction of sp³-hybridized carbons (Fsp3) is 0.625. The van der Waals surface area contributed by atoms with Crippen LogP contribution in [0.25, 0.3) is 0 Å². The number of anilines is 1. The zero-order valence-electron chi connectivity index (χ0n) is 12.8. The number of nitrogens with zero attached hydrogens (tertiary/aromatic N) is 2. The SMILES string of the molecule is CCCNCc1ccc(N2CCN(CCO)CC2)c(Cl)c1. The van der Waals surface area contributed by atoms with Crippen molar-refractivity contribution in [3.63, 3.8) is 0 Å². The van der Waals surface area contributed by atoms with Crippen molar-refractivity contribution in [1.29, 1.82) is 0 Å². The van der Waals surface area contributed by atoms with Gasteiger partial charge in [0.25, 0.3) is 0 Å². The van der Waals surface area contributed by atoms with E-state index in [1.807, 2.05) is 0 Å². The molecule has 5 heteroatoms. The van der Waals surface area contributed by atoms with E-state index in [0.29, 0.717) is 0 Å². The van der Waals surface area contributed by atoms with Crippen molar-refractivity contribution >= 4 is 17.3 Å². The van der Waals surface area contributed by atoms with Crippen LogP contribution in [-0.2, 0) is 6.54 Å². The Hall–Kier alpha value is -0.810. The maximum Gasteiger partial charge on any atom is 0.0642 e. The summed E-state index contributed by atoms with van der Waals surface area (Å²) >= 11 is 6.45. The molecular weight excluding hydrogens is 286 g/mol. The summed E-state index contributed by atoms with van der Waals surface area (Å²) in [5.74, 6) is 0. The first-order valence-electron chi connectivity index (χ1n) is 7.82. The second-order valence-corrected chi connectivity index (χ2v) is 5.92. The van der Waals surface area contributed by atoms with Gasteiger partial charge in [-0.15, -0.1) is 0 Å². The third-order valence-electron chi connectivity index (χ3n) is 3.90. The summed E-state index contributed by atoms with van der Waals surface area (Å²) in [5, 5.41) is 13.2. The van der Waals surface area contributed by atoms with Crippen molar-refractivity contribution in [2.24, 2.45) is 0 Å². The second-order valence-electron chi connectivity index (χ2n) is 5.51. The largest absolute Gasteiger partial charge is 0.395 e. The fourth-order valence-electron chi connectivity index (χ4n) is 2.68. The van der Waals surface area contributed by atoms with Crippen LogP contribution in [-0.4, -0.2) is 55.9 Å². The summed E-state index contributed by atoms with van der Waals surface area (Å²) in [5.41, 5.74) is 2.36. The van der Waals surface area contributed by atoms with Crippen molar-refractivity contribution < 1.29 is 5.11 Å². The van der Waals surface area contributed by atoms with E-state index in [9.17, 15) is 0 Å². The monoisotopic (exact) mass is 311 g/mol. The Morgan fingerprint density at radius 2 is 2.00 bits per heavy atom. The number of halogens is 1. The van der Waals surface area contributed by atoms with Crippen LogP contribution in [0, 0.1) is 0 Å². The van der Waals surface area contributed by atoms with Gasteiger partial charge in [-0.3, -0.25) is 4.90 Å². The van der Waals surface area contributed by atoms with Gasteiger partial charge in [0, 0.05) is 39.3 Å². The van der Waals surface area contributed by atoms with E-state index in [4.69, 9.17) is 16.7 Å². The molecule has 0 spiro atoms. The van der Waals surface area contributed by atoms with Gasteiger partial charge in [-0.25, -0.2) is 0 Å². The molecule has 1 aromatic rings. The van der Waals surface area contributed by atoms with Gasteiger partial charge in [-0.2, -0.15) is 0 Å². The van der Waals surface area contributed by atoms with Crippen LogP contribution in [0.15, 0.2) is 18.2 Å². The zero-order valence-corrected chi connectivity index (χ0v) is 13.6. The minimum atomic E-state index is 0.236. The lowest BCUT2D eigenvalue weighted by Gasteiger charge is -2.36. The van der Waals surface area contributed by atoms with E-state index in [0.717, 1.165) is 62.9 Å². The minimum Gasteiger partial charge on any atom is -0.395 e. The molecule has 0 aliphatic carbocycles. The van der Waals surface area contributed by atoms with Crippen LogP contribution in [0.3, 0.4) is 0 Å². The highest BCUT2D eigenvalue weighted by Crippen LogP contribution is 2.27. The molecule has 1 fully saturated rings. The number of nitrogens with one attached hydrogen (secondary N) is 1. The molecule has 118 valence electrons. The summed E-state index contributed by atoms with van der Waals surface area (Å²) in [7, 11) is 0. The van der Waals surface area contributed by atoms with E-state index in [1.165, 1.54) is 5.56 Å². The van der Waals surface area contributed by atoms with E-state index in [-0.39, 0.29) is 6.61 Å². The van der Waals surface area contributed by atoms with Gasteiger partial charge in [0.2, 0.25) is 0 Å². The molecule has 1 saturated heterocycles. The van der Waals surface area contributed by atoms with Crippen LogP contribution in [0.2, 0.25) is 5.02 Å². The summed E-state index contributed by atoms with van der Waals surface area (Å²) in [6.07, 6.45) is 1.14. The molecule has 1 aromatic carbocycles. The Labute approximate surface area is 132 Å². The third kappa shape index (κ3) is 4.85. The van der Waals surface area contributed by atoms with Gasteiger partial charge in [0.05, 0.1) is 17.3 Å². The summed E-state index contributed by atoms with van der Waals surface area (Å²) < 4.78 is 0. The Bertz CT molecular complexity index is 434. The lowest BCUT2D eigenvalue weighted by Crippen LogP contribution is -2.47. The first kappa shape index (κ1) is 16.6. The molecule has 0 unspecified atom stereocenters. The van der Waals surface area contributed by atoms with Crippen molar-refractivity contribution in [3.8, 4) is 0 Å². The fourth-order valence-corrected chi connectivity index (χ4v) is 3.00. The number of hydrogen-bond acceptors (Lipinski definition) is 4. The molecule has 4 nitrogen and oxygen atoms in total. The summed E-state index contributed by atoms with van der Waals surface area (Å²) in [6, 6.07) is 6.36. The zero-order chi connectivity index (χ0) is 15.1. The van der Waals surface area contributed by atoms with Crippen LogP contribution < -0.4 is 10.2 Å². The normalized spacial score (nSPS) is 16.4. The highest BCUT2D eigenvalue weighted by Gasteiger charge is 2.18. The Kier molecular flexibility index (Phi) is 6.77. The Morgan fingerprint density at radius 1 is 1.24 bits per heavy atom. The maximum absolute atomic E-state index is 8.98. The van der Waals surface area contributed by atoms with Crippen molar-refractivity contribution in [2.75, 3.05) is 50.8 Å². The molecule has 0 aromatic heterocycles. The molecule has 2 N–H and O–H groups in total. The Morgan fingerprint density at radius 3 is 2.62 bits per heavy atom. The highest BCUT2D eigenvalue weighted by molar-refractivity contribution is 6.33. The number of benzene rings is 1. The lowest BCUT2D eigenvalue weighted by atomic mass is 10.1. The predicted molar refractivity (Wildman–Crippen MR) is 89.2 cm³/mol. The van der Waals surface area contributed by atoms with E-state index in [1.54, 1.807) is 0 Å². The van der Waals surface area contributed by atoms with Gasteiger partial charge in [-0.1, -0.05) is 24.6 Å². The molecule has 1 aliphatic rings. The summed E-state index contributed by atoms with van der Waals surface area (Å²) in [4.78, 5) is 4.62. The molecule has 0 saturated carbocycles. The Balaban J connectivity index is 1.92. The maximum atomic E-state index is 8.98. The van der Waals surface area contributed by atoms with Crippen LogP contribution in [0.4, 0.5) is 5.69 Å². The molecule has 0 amide bonds. The predicted octanol–water partition coefficient (Wildman–Crippen LogP) is 1.95. The van der Waals surface area contributed by atoms with Crippen LogP contribution in [0.1, 0.15) is 18.9 Å². The molecule has 1 heterocycles. The van der Waals surface area contributed by atoms with E-state index in [2.05, 4.69) is 40.2 Å². The molecule has 1 aliphatic heterocycles. The topological polar surface area (TPSA) is 38.7 Å². The number of β-amino-alcohol motifs (C(OH)–C–C–N with tert-alkyl or cyclic N) is 1. The van der Waals surface area contributed by atoms with Gasteiger partial charge in [-0.05, 0) is 30.7 Å². The van der Waals surface area contributed by atoms with Crippen molar-refractivity contribution in [3.05, 3.63) is 28.8 Å². The third-order valence-corrected chi connectivity index (χ3v) is 4.20. The van der Waals surface area contributed by atoms with Gasteiger partial charge < -0.3 is 15.3 Å². The second kappa shape index (κ2) is 8.59. The number of aliphatic hydroxyl groups is 1. The molecule has 2 rings (SSSR count). The van der Waals surface area contributed by atoms with Gasteiger partial charge in [0.1, 0.15) is 0 Å². The average molecular weight is 312 g/mol. The van der Waals surface area contributed by atoms with Crippen LogP contribution >= 0.6 is 11.6 Å².